The van der Waals surface area contributed by atoms with Crippen LogP contribution >= 0.6 is 0 Å². The third-order valence-electron chi connectivity index (χ3n) is 2.70. The third kappa shape index (κ3) is 3.70. The van der Waals surface area contributed by atoms with Crippen molar-refractivity contribution in [1.82, 2.24) is 0 Å². The van der Waals surface area contributed by atoms with Crippen LogP contribution in [0.2, 0.25) is 0 Å². The highest BCUT2D eigenvalue weighted by molar-refractivity contribution is 5.98. The van der Waals surface area contributed by atoms with Gasteiger partial charge in [0.2, 0.25) is 0 Å². The van der Waals surface area contributed by atoms with E-state index < -0.39 is 0 Å². The summed E-state index contributed by atoms with van der Waals surface area (Å²) in [6.07, 6.45) is 1.65. The molecule has 1 rings (SSSR count). The Morgan fingerprint density at radius 2 is 1.71 bits per heavy atom. The maximum absolute atomic E-state index is 11.2. The first kappa shape index (κ1) is 13.4. The van der Waals surface area contributed by atoms with E-state index in [0.717, 1.165) is 16.7 Å². The van der Waals surface area contributed by atoms with Gasteiger partial charge in [0.25, 0.3) is 0 Å². The summed E-state index contributed by atoms with van der Waals surface area (Å²) in [5.41, 5.74) is 4.19. The SMILES string of the molecule is C=C(C)/C(=C\C(C)=O)c1ccc(C(C)C)cc1. The molecule has 0 aromatic heterocycles. The van der Waals surface area contributed by atoms with E-state index >= 15 is 0 Å². The highest BCUT2D eigenvalue weighted by atomic mass is 16.1. The minimum atomic E-state index is 0.0518. The molecule has 1 nitrogen and oxygen atoms in total. The highest BCUT2D eigenvalue weighted by Gasteiger charge is 2.05. The van der Waals surface area contributed by atoms with Crippen LogP contribution in [-0.2, 0) is 4.79 Å². The summed E-state index contributed by atoms with van der Waals surface area (Å²) in [5.74, 6) is 0.574. The van der Waals surface area contributed by atoms with E-state index in [1.165, 1.54) is 5.56 Å². The molecule has 1 heteroatoms. The summed E-state index contributed by atoms with van der Waals surface area (Å²) in [6.45, 7) is 11.7. The van der Waals surface area contributed by atoms with E-state index in [0.29, 0.717) is 5.92 Å². The lowest BCUT2D eigenvalue weighted by Crippen LogP contribution is -1.93. The molecule has 0 heterocycles. The molecule has 90 valence electrons. The van der Waals surface area contributed by atoms with Gasteiger partial charge in [-0.2, -0.15) is 0 Å². The molecular formula is C16H20O. The molecule has 0 unspecified atom stereocenters. The Balaban J connectivity index is 3.13. The van der Waals surface area contributed by atoms with Gasteiger partial charge in [0.1, 0.15) is 0 Å². The average molecular weight is 228 g/mol. The lowest BCUT2D eigenvalue weighted by atomic mass is 9.95. The quantitative estimate of drug-likeness (QED) is 0.553. The van der Waals surface area contributed by atoms with Gasteiger partial charge in [0, 0.05) is 0 Å². The Bertz CT molecular complexity index is 447. The standard InChI is InChI=1S/C16H20O/c1-11(2)14-6-8-15(9-7-14)16(12(3)4)10-13(5)17/h6-11H,3H2,1-2,4-5H3/b16-10+. The summed E-state index contributed by atoms with van der Waals surface area (Å²) in [7, 11) is 0. The van der Waals surface area contributed by atoms with Crippen molar-refractivity contribution in [2.45, 2.75) is 33.6 Å². The second kappa shape index (κ2) is 5.62. The molecule has 17 heavy (non-hydrogen) atoms. The zero-order valence-electron chi connectivity index (χ0n) is 11.1. The van der Waals surface area contributed by atoms with Gasteiger partial charge >= 0.3 is 0 Å². The molecule has 0 saturated heterocycles. The maximum atomic E-state index is 11.2. The zero-order valence-corrected chi connectivity index (χ0v) is 11.1. The Kier molecular flexibility index (Phi) is 4.45. The van der Waals surface area contributed by atoms with Crippen LogP contribution in [-0.4, -0.2) is 5.78 Å². The zero-order chi connectivity index (χ0) is 13.0. The molecule has 1 aromatic carbocycles. The van der Waals surface area contributed by atoms with Crippen molar-refractivity contribution in [3.8, 4) is 0 Å². The van der Waals surface area contributed by atoms with Gasteiger partial charge in [-0.05, 0) is 42.5 Å². The van der Waals surface area contributed by atoms with Gasteiger partial charge < -0.3 is 0 Å². The first-order valence-corrected chi connectivity index (χ1v) is 5.90. The first-order valence-electron chi connectivity index (χ1n) is 5.90. The fraction of sp³-hybridized carbons (Fsp3) is 0.312. The summed E-state index contributed by atoms with van der Waals surface area (Å²) in [6, 6.07) is 8.32. The summed E-state index contributed by atoms with van der Waals surface area (Å²) in [5, 5.41) is 0. The van der Waals surface area contributed by atoms with Crippen molar-refractivity contribution in [2.75, 3.05) is 0 Å². The molecule has 0 amide bonds. The normalized spacial score (nSPS) is 11.7. The Labute approximate surface area is 104 Å². The highest BCUT2D eigenvalue weighted by Crippen LogP contribution is 2.24. The Morgan fingerprint density at radius 1 is 1.18 bits per heavy atom. The predicted molar refractivity (Wildman–Crippen MR) is 74.0 cm³/mol. The number of hydrogen-bond donors (Lipinski definition) is 0. The van der Waals surface area contributed by atoms with Crippen molar-refractivity contribution >= 4 is 11.4 Å². The lowest BCUT2D eigenvalue weighted by molar-refractivity contribution is -0.112. The smallest absolute Gasteiger partial charge is 0.153 e. The molecule has 0 bridgehead atoms. The number of hydrogen-bond acceptors (Lipinski definition) is 1. The number of carbonyl (C=O) groups is 1. The molecular weight excluding hydrogens is 208 g/mol. The number of rotatable bonds is 4. The maximum Gasteiger partial charge on any atom is 0.153 e. The van der Waals surface area contributed by atoms with E-state index in [1.54, 1.807) is 13.0 Å². The van der Waals surface area contributed by atoms with Crippen molar-refractivity contribution in [3.63, 3.8) is 0 Å². The van der Waals surface area contributed by atoms with Gasteiger partial charge in [0.05, 0.1) is 0 Å². The molecule has 0 aliphatic rings. The molecule has 0 atom stereocenters. The van der Waals surface area contributed by atoms with E-state index in [9.17, 15) is 4.79 Å². The van der Waals surface area contributed by atoms with Crippen LogP contribution < -0.4 is 0 Å². The number of carbonyl (C=O) groups excluding carboxylic acids is 1. The lowest BCUT2D eigenvalue weighted by Gasteiger charge is -2.10. The van der Waals surface area contributed by atoms with Crippen LogP contribution in [0.1, 0.15) is 44.7 Å². The Hall–Kier alpha value is -1.63. The van der Waals surface area contributed by atoms with Crippen LogP contribution in [0.5, 0.6) is 0 Å². The van der Waals surface area contributed by atoms with Gasteiger partial charge in [-0.25, -0.2) is 0 Å². The number of benzene rings is 1. The minimum absolute atomic E-state index is 0.0518. The molecule has 0 spiro atoms. The molecule has 0 N–H and O–H groups in total. The van der Waals surface area contributed by atoms with Crippen molar-refractivity contribution < 1.29 is 4.79 Å². The van der Waals surface area contributed by atoms with Crippen LogP contribution in [0.15, 0.2) is 42.5 Å². The monoisotopic (exact) mass is 228 g/mol. The average Bonchev–Trinajstić information content (AvgIpc) is 2.25. The van der Waals surface area contributed by atoms with Gasteiger partial charge in [-0.1, -0.05) is 50.3 Å². The first-order chi connectivity index (χ1) is 7.91. The van der Waals surface area contributed by atoms with E-state index in [1.807, 2.05) is 6.92 Å². The van der Waals surface area contributed by atoms with Crippen LogP contribution in [0.25, 0.3) is 5.57 Å². The van der Waals surface area contributed by atoms with Crippen LogP contribution in [0.4, 0.5) is 0 Å². The van der Waals surface area contributed by atoms with Crippen LogP contribution in [0.3, 0.4) is 0 Å². The summed E-state index contributed by atoms with van der Waals surface area (Å²) >= 11 is 0. The predicted octanol–water partition coefficient (Wildman–Crippen LogP) is 4.36. The van der Waals surface area contributed by atoms with E-state index in [2.05, 4.69) is 44.7 Å². The van der Waals surface area contributed by atoms with Crippen LogP contribution in [0, 0.1) is 0 Å². The third-order valence-corrected chi connectivity index (χ3v) is 2.70. The molecule has 0 radical (unpaired) electrons. The van der Waals surface area contributed by atoms with Crippen molar-refractivity contribution in [2.24, 2.45) is 0 Å². The van der Waals surface area contributed by atoms with Crippen molar-refractivity contribution in [1.29, 1.82) is 0 Å². The Morgan fingerprint density at radius 3 is 2.06 bits per heavy atom. The summed E-state index contributed by atoms with van der Waals surface area (Å²) < 4.78 is 0. The fourth-order valence-electron chi connectivity index (χ4n) is 1.70. The molecule has 0 saturated carbocycles. The fourth-order valence-corrected chi connectivity index (χ4v) is 1.70. The largest absolute Gasteiger partial charge is 0.295 e. The van der Waals surface area contributed by atoms with E-state index in [-0.39, 0.29) is 5.78 Å². The molecule has 0 aliphatic heterocycles. The summed E-state index contributed by atoms with van der Waals surface area (Å²) in [4.78, 5) is 11.2. The van der Waals surface area contributed by atoms with E-state index in [4.69, 9.17) is 0 Å². The van der Waals surface area contributed by atoms with Gasteiger partial charge in [-0.15, -0.1) is 0 Å². The molecule has 0 fully saturated rings. The van der Waals surface area contributed by atoms with Gasteiger partial charge in [-0.3, -0.25) is 4.79 Å². The molecule has 0 aliphatic carbocycles. The second-order valence-electron chi connectivity index (χ2n) is 4.73. The minimum Gasteiger partial charge on any atom is -0.295 e. The second-order valence-corrected chi connectivity index (χ2v) is 4.73. The number of allylic oxidation sites excluding steroid dienone is 3. The van der Waals surface area contributed by atoms with Gasteiger partial charge in [0.15, 0.2) is 5.78 Å². The topological polar surface area (TPSA) is 17.1 Å². The number of ketones is 1. The van der Waals surface area contributed by atoms with Crippen molar-refractivity contribution in [3.05, 3.63) is 53.6 Å². The molecule has 1 aromatic rings.